The molecule has 1 aliphatic rings. The van der Waals surface area contributed by atoms with Crippen molar-refractivity contribution in [2.45, 2.75) is 49.5 Å². The number of nitrogens with one attached hydrogen (secondary N) is 1. The third-order valence-corrected chi connectivity index (χ3v) is 6.50. The molecule has 1 aromatic heterocycles. The summed E-state index contributed by atoms with van der Waals surface area (Å²) in [6.45, 7) is 4.17. The summed E-state index contributed by atoms with van der Waals surface area (Å²) in [5, 5.41) is 10.7. The van der Waals surface area contributed by atoms with Gasteiger partial charge in [0.15, 0.2) is 4.34 Å². The van der Waals surface area contributed by atoms with Crippen molar-refractivity contribution in [1.29, 1.82) is 0 Å². The highest BCUT2D eigenvalue weighted by Gasteiger charge is 2.28. The van der Waals surface area contributed by atoms with E-state index in [4.69, 9.17) is 0 Å². The summed E-state index contributed by atoms with van der Waals surface area (Å²) < 4.78 is 14.2. The highest BCUT2D eigenvalue weighted by Crippen LogP contribution is 2.28. The van der Waals surface area contributed by atoms with Crippen molar-refractivity contribution in [2.24, 2.45) is 0 Å². The lowest BCUT2D eigenvalue weighted by atomic mass is 9.98. The molecule has 3 rings (SSSR count). The first-order valence-corrected chi connectivity index (χ1v) is 10.6. The van der Waals surface area contributed by atoms with E-state index in [0.717, 1.165) is 19.3 Å². The van der Waals surface area contributed by atoms with E-state index < -0.39 is 11.7 Å². The van der Waals surface area contributed by atoms with Gasteiger partial charge in [0.25, 0.3) is 5.91 Å². The molecular formula is C18H21FN4O2S2. The lowest BCUT2D eigenvalue weighted by Gasteiger charge is -2.39. The molecule has 1 aliphatic heterocycles. The number of amides is 2. The zero-order chi connectivity index (χ0) is 19.4. The molecule has 2 amide bonds. The fourth-order valence-corrected chi connectivity index (χ4v) is 4.86. The van der Waals surface area contributed by atoms with Gasteiger partial charge >= 0.3 is 0 Å². The molecule has 0 spiro atoms. The average molecular weight is 409 g/mol. The number of likely N-dealkylation sites (tertiary alicyclic amines) is 1. The number of anilines is 1. The van der Waals surface area contributed by atoms with Gasteiger partial charge in [0.1, 0.15) is 5.82 Å². The fraction of sp³-hybridized carbons (Fsp3) is 0.444. The molecule has 0 saturated carbocycles. The van der Waals surface area contributed by atoms with Gasteiger partial charge in [-0.15, -0.1) is 10.2 Å². The molecule has 9 heteroatoms. The van der Waals surface area contributed by atoms with Crippen LogP contribution in [0.4, 0.5) is 9.52 Å². The van der Waals surface area contributed by atoms with E-state index in [0.29, 0.717) is 4.34 Å². The largest absolute Gasteiger partial charge is 0.337 e. The van der Waals surface area contributed by atoms with Crippen LogP contribution >= 0.6 is 23.1 Å². The molecule has 1 saturated heterocycles. The molecule has 0 bridgehead atoms. The van der Waals surface area contributed by atoms with Gasteiger partial charge < -0.3 is 4.90 Å². The normalized spacial score (nSPS) is 19.7. The average Bonchev–Trinajstić information content (AvgIpc) is 3.07. The van der Waals surface area contributed by atoms with Crippen LogP contribution in [0.3, 0.4) is 0 Å². The number of aromatic nitrogens is 2. The number of piperidine rings is 1. The van der Waals surface area contributed by atoms with Gasteiger partial charge in [0.2, 0.25) is 11.0 Å². The van der Waals surface area contributed by atoms with Crippen molar-refractivity contribution < 1.29 is 14.0 Å². The molecule has 1 aromatic carbocycles. The molecule has 144 valence electrons. The number of nitrogens with zero attached hydrogens (tertiary/aromatic N) is 3. The number of hydrogen-bond donors (Lipinski definition) is 1. The molecule has 1 N–H and O–H groups in total. The zero-order valence-electron chi connectivity index (χ0n) is 15.1. The number of benzene rings is 1. The number of hydrogen-bond acceptors (Lipinski definition) is 6. The van der Waals surface area contributed by atoms with Crippen LogP contribution in [0.1, 0.15) is 43.5 Å². The Hall–Kier alpha value is -2.00. The number of thioether (sulfide) groups is 1. The topological polar surface area (TPSA) is 75.2 Å². The Morgan fingerprint density at radius 2 is 1.96 bits per heavy atom. The van der Waals surface area contributed by atoms with Gasteiger partial charge in [-0.05, 0) is 45.2 Å². The quantitative estimate of drug-likeness (QED) is 0.601. The number of halogens is 1. The second-order valence-electron chi connectivity index (χ2n) is 6.53. The Kier molecular flexibility index (Phi) is 6.43. The van der Waals surface area contributed by atoms with Crippen LogP contribution < -0.4 is 5.32 Å². The van der Waals surface area contributed by atoms with Crippen LogP contribution in [0, 0.1) is 5.82 Å². The maximum absolute atomic E-state index is 13.7. The summed E-state index contributed by atoms with van der Waals surface area (Å²) >= 11 is 2.47. The van der Waals surface area contributed by atoms with Crippen LogP contribution in [0.2, 0.25) is 0 Å². The maximum Gasteiger partial charge on any atom is 0.260 e. The SMILES string of the molecule is CC1CCCC(C)N1C(=O)CSc1nnc(NC(=O)c2ccccc2F)s1. The monoisotopic (exact) mass is 408 g/mol. The zero-order valence-corrected chi connectivity index (χ0v) is 16.8. The molecule has 2 atom stereocenters. The van der Waals surface area contributed by atoms with Gasteiger partial charge in [-0.3, -0.25) is 14.9 Å². The highest BCUT2D eigenvalue weighted by molar-refractivity contribution is 8.01. The standard InChI is InChI=1S/C18H21FN4O2S2/c1-11-6-5-7-12(2)23(11)15(24)10-26-18-22-21-17(27-18)20-16(25)13-8-3-4-9-14(13)19/h3-4,8-9,11-12H,5-7,10H2,1-2H3,(H,20,21,25). The summed E-state index contributed by atoms with van der Waals surface area (Å²) in [7, 11) is 0. The van der Waals surface area contributed by atoms with E-state index in [-0.39, 0.29) is 34.4 Å². The summed E-state index contributed by atoms with van der Waals surface area (Å²) in [4.78, 5) is 26.6. The van der Waals surface area contributed by atoms with Crippen LogP contribution in [-0.4, -0.2) is 44.7 Å². The molecule has 1 fully saturated rings. The van der Waals surface area contributed by atoms with E-state index in [1.807, 2.05) is 4.90 Å². The Balaban J connectivity index is 1.56. The maximum atomic E-state index is 13.7. The lowest BCUT2D eigenvalue weighted by Crippen LogP contribution is -2.48. The molecule has 0 aliphatic carbocycles. The molecular weight excluding hydrogens is 387 g/mol. The number of rotatable bonds is 5. The third-order valence-electron chi connectivity index (χ3n) is 4.55. The van der Waals surface area contributed by atoms with Gasteiger partial charge in [-0.2, -0.15) is 0 Å². The van der Waals surface area contributed by atoms with Crippen molar-refractivity contribution in [2.75, 3.05) is 11.1 Å². The van der Waals surface area contributed by atoms with Crippen LogP contribution in [-0.2, 0) is 4.79 Å². The van der Waals surface area contributed by atoms with Crippen LogP contribution in [0.15, 0.2) is 28.6 Å². The predicted octanol–water partition coefficient (Wildman–Crippen LogP) is 3.81. The Labute approximate surface area is 165 Å². The second-order valence-corrected chi connectivity index (χ2v) is 8.73. The molecule has 2 unspecified atom stereocenters. The molecule has 27 heavy (non-hydrogen) atoms. The molecule has 2 heterocycles. The first kappa shape index (κ1) is 19.8. The summed E-state index contributed by atoms with van der Waals surface area (Å²) in [6, 6.07) is 6.25. The van der Waals surface area contributed by atoms with E-state index >= 15 is 0 Å². The van der Waals surface area contributed by atoms with Crippen molar-refractivity contribution in [3.05, 3.63) is 35.6 Å². The van der Waals surface area contributed by atoms with Crippen LogP contribution in [0.25, 0.3) is 0 Å². The molecule has 0 radical (unpaired) electrons. The van der Waals surface area contributed by atoms with E-state index in [9.17, 15) is 14.0 Å². The van der Waals surface area contributed by atoms with E-state index in [1.54, 1.807) is 6.07 Å². The smallest absolute Gasteiger partial charge is 0.260 e. The van der Waals surface area contributed by atoms with Crippen molar-refractivity contribution in [3.63, 3.8) is 0 Å². The fourth-order valence-electron chi connectivity index (χ4n) is 3.24. The Morgan fingerprint density at radius 1 is 1.26 bits per heavy atom. The summed E-state index contributed by atoms with van der Waals surface area (Å²) in [5.74, 6) is -0.797. The Bertz CT molecular complexity index is 819. The van der Waals surface area contributed by atoms with Gasteiger partial charge in [0, 0.05) is 12.1 Å². The van der Waals surface area contributed by atoms with Crippen molar-refractivity contribution in [1.82, 2.24) is 15.1 Å². The molecule has 2 aromatic rings. The van der Waals surface area contributed by atoms with Crippen molar-refractivity contribution in [3.8, 4) is 0 Å². The first-order chi connectivity index (χ1) is 13.0. The minimum atomic E-state index is -0.593. The van der Waals surface area contributed by atoms with Gasteiger partial charge in [-0.25, -0.2) is 4.39 Å². The minimum absolute atomic E-state index is 0.0508. The minimum Gasteiger partial charge on any atom is -0.337 e. The van der Waals surface area contributed by atoms with E-state index in [1.165, 1.54) is 41.3 Å². The lowest BCUT2D eigenvalue weighted by molar-refractivity contribution is -0.134. The van der Waals surface area contributed by atoms with E-state index in [2.05, 4.69) is 29.4 Å². The predicted molar refractivity (Wildman–Crippen MR) is 105 cm³/mol. The van der Waals surface area contributed by atoms with Crippen molar-refractivity contribution >= 4 is 40.0 Å². The number of carbonyl (C=O) groups excluding carboxylic acids is 2. The van der Waals surface area contributed by atoms with Gasteiger partial charge in [0.05, 0.1) is 11.3 Å². The molecule has 6 nitrogen and oxygen atoms in total. The van der Waals surface area contributed by atoms with Gasteiger partial charge in [-0.1, -0.05) is 35.2 Å². The first-order valence-electron chi connectivity index (χ1n) is 8.79. The highest BCUT2D eigenvalue weighted by atomic mass is 32.2. The number of carbonyl (C=O) groups is 2. The summed E-state index contributed by atoms with van der Waals surface area (Å²) in [6.07, 6.45) is 3.22. The second kappa shape index (κ2) is 8.79. The Morgan fingerprint density at radius 3 is 2.67 bits per heavy atom. The summed E-state index contributed by atoms with van der Waals surface area (Å²) in [5.41, 5.74) is -0.0508. The third kappa shape index (κ3) is 4.84. The van der Waals surface area contributed by atoms with Crippen LogP contribution in [0.5, 0.6) is 0 Å².